The first-order chi connectivity index (χ1) is 16.4. The molecule has 0 aliphatic carbocycles. The molecule has 0 bridgehead atoms. The van der Waals surface area contributed by atoms with Crippen LogP contribution < -0.4 is 10.6 Å². The van der Waals surface area contributed by atoms with E-state index >= 15 is 0 Å². The van der Waals surface area contributed by atoms with Crippen LogP contribution in [0.4, 0.5) is 5.88 Å². The van der Waals surface area contributed by atoms with Crippen molar-refractivity contribution in [2.45, 2.75) is 19.3 Å². The van der Waals surface area contributed by atoms with E-state index in [1.807, 2.05) is 68.4 Å². The van der Waals surface area contributed by atoms with Crippen LogP contribution in [-0.4, -0.2) is 61.2 Å². The predicted octanol–water partition coefficient (Wildman–Crippen LogP) is 3.50. The molecule has 1 saturated heterocycles. The number of nitrogens with one attached hydrogen (secondary N) is 3. The normalized spacial score (nSPS) is 14.5. The molecule has 1 aromatic heterocycles. The van der Waals surface area contributed by atoms with Crippen LogP contribution in [-0.2, 0) is 10.2 Å². The molecule has 178 valence electrons. The van der Waals surface area contributed by atoms with Crippen molar-refractivity contribution in [2.75, 3.05) is 44.7 Å². The number of ether oxygens (including phenoxy) is 1. The molecule has 0 atom stereocenters. The number of nitrogens with zero attached hydrogens (tertiary/aromatic N) is 2. The Morgan fingerprint density at radius 1 is 1.06 bits per heavy atom. The second kappa shape index (κ2) is 10.6. The van der Waals surface area contributed by atoms with E-state index < -0.39 is 5.41 Å². The van der Waals surface area contributed by atoms with E-state index in [2.05, 4.69) is 20.7 Å². The Labute approximate surface area is 199 Å². The maximum atomic E-state index is 12.9. The number of anilines is 1. The molecule has 1 fully saturated rings. The van der Waals surface area contributed by atoms with Gasteiger partial charge in [-0.15, -0.1) is 0 Å². The smallest absolute Gasteiger partial charge is 0.231 e. The van der Waals surface area contributed by atoms with Crippen LogP contribution in [0.3, 0.4) is 0 Å². The Morgan fingerprint density at radius 2 is 1.79 bits per heavy atom. The van der Waals surface area contributed by atoms with E-state index in [0.29, 0.717) is 29.2 Å². The molecule has 1 aliphatic rings. The van der Waals surface area contributed by atoms with Crippen LogP contribution in [0.2, 0.25) is 0 Å². The number of hydrogen-bond acceptors (Lipinski definition) is 6. The molecule has 2 heterocycles. The van der Waals surface area contributed by atoms with E-state index in [4.69, 9.17) is 14.7 Å². The van der Waals surface area contributed by atoms with Crippen molar-refractivity contribution < 1.29 is 14.1 Å². The molecule has 2 aromatic carbocycles. The lowest BCUT2D eigenvalue weighted by Crippen LogP contribution is -2.42. The first-order valence-electron chi connectivity index (χ1n) is 11.5. The number of rotatable bonds is 8. The summed E-state index contributed by atoms with van der Waals surface area (Å²) in [6.07, 6.45) is 0. The molecular weight excluding hydrogens is 430 g/mol. The average molecular weight is 462 g/mol. The number of carbonyl (C=O) groups excluding carboxylic acids is 1. The molecule has 34 heavy (non-hydrogen) atoms. The van der Waals surface area contributed by atoms with Crippen molar-refractivity contribution in [3.05, 3.63) is 83.0 Å². The first kappa shape index (κ1) is 23.7. The van der Waals surface area contributed by atoms with Gasteiger partial charge < -0.3 is 14.6 Å². The summed E-state index contributed by atoms with van der Waals surface area (Å²) in [6, 6.07) is 18.7. The summed E-state index contributed by atoms with van der Waals surface area (Å²) in [4.78, 5) is 15.2. The van der Waals surface area contributed by atoms with Gasteiger partial charge in [-0.1, -0.05) is 67.5 Å². The highest BCUT2D eigenvalue weighted by molar-refractivity contribution is 6.09. The predicted molar refractivity (Wildman–Crippen MR) is 132 cm³/mol. The van der Waals surface area contributed by atoms with Crippen molar-refractivity contribution >= 4 is 17.6 Å². The molecular formula is C26H31N5O3. The second-order valence-electron chi connectivity index (χ2n) is 8.86. The highest BCUT2D eigenvalue weighted by Gasteiger charge is 2.28. The van der Waals surface area contributed by atoms with Crippen molar-refractivity contribution in [2.24, 2.45) is 0 Å². The van der Waals surface area contributed by atoms with Crippen molar-refractivity contribution in [3.8, 4) is 0 Å². The van der Waals surface area contributed by atoms with Crippen LogP contribution in [0.5, 0.6) is 0 Å². The molecule has 4 rings (SSSR count). The number of benzene rings is 2. The van der Waals surface area contributed by atoms with E-state index in [-0.39, 0.29) is 11.7 Å². The maximum absolute atomic E-state index is 12.9. The topological polar surface area (TPSA) is 103 Å². The molecule has 0 radical (unpaired) electrons. The minimum Gasteiger partial charge on any atom is -0.379 e. The SMILES string of the molecule is CC(C)(c1cccc(C(=O)c2ccccc2)c1)c1cc(NC(=N)NCCN2CCOCC2)on1. The van der Waals surface area contributed by atoms with Crippen molar-refractivity contribution in [1.82, 2.24) is 15.4 Å². The molecule has 0 saturated carbocycles. The van der Waals surface area contributed by atoms with Crippen molar-refractivity contribution in [1.29, 1.82) is 5.41 Å². The van der Waals surface area contributed by atoms with Gasteiger partial charge >= 0.3 is 0 Å². The molecule has 8 heteroatoms. The van der Waals surface area contributed by atoms with Crippen LogP contribution >= 0.6 is 0 Å². The summed E-state index contributed by atoms with van der Waals surface area (Å²) < 4.78 is 10.8. The number of aromatic nitrogens is 1. The monoisotopic (exact) mass is 461 g/mol. The van der Waals surface area contributed by atoms with Gasteiger partial charge in [-0.2, -0.15) is 0 Å². The summed E-state index contributed by atoms with van der Waals surface area (Å²) in [5.74, 6) is 0.532. The second-order valence-corrected chi connectivity index (χ2v) is 8.86. The number of carbonyl (C=O) groups is 1. The highest BCUT2D eigenvalue weighted by Crippen LogP contribution is 2.32. The minimum absolute atomic E-state index is 0.0163. The Bertz CT molecular complexity index is 1120. The minimum atomic E-state index is -0.498. The largest absolute Gasteiger partial charge is 0.379 e. The van der Waals surface area contributed by atoms with Gasteiger partial charge in [0.25, 0.3) is 0 Å². The number of guanidine groups is 1. The molecule has 8 nitrogen and oxygen atoms in total. The van der Waals surface area contributed by atoms with E-state index in [1.54, 1.807) is 6.07 Å². The Kier molecular flexibility index (Phi) is 7.40. The van der Waals surface area contributed by atoms with E-state index in [1.165, 1.54) is 0 Å². The van der Waals surface area contributed by atoms with Crippen LogP contribution in [0, 0.1) is 5.41 Å². The average Bonchev–Trinajstić information content (AvgIpc) is 3.34. The van der Waals surface area contributed by atoms with Crippen LogP contribution in [0.15, 0.2) is 65.2 Å². The number of ketones is 1. The summed E-state index contributed by atoms with van der Waals surface area (Å²) in [7, 11) is 0. The zero-order valence-electron chi connectivity index (χ0n) is 19.6. The van der Waals surface area contributed by atoms with Gasteiger partial charge in [-0.3, -0.25) is 20.4 Å². The Balaban J connectivity index is 1.38. The third-order valence-electron chi connectivity index (χ3n) is 6.11. The molecule has 1 aliphatic heterocycles. The van der Waals surface area contributed by atoms with Gasteiger partial charge in [0.05, 0.1) is 18.9 Å². The zero-order chi connectivity index (χ0) is 24.0. The van der Waals surface area contributed by atoms with E-state index in [9.17, 15) is 4.79 Å². The van der Waals surface area contributed by atoms with E-state index in [0.717, 1.165) is 38.4 Å². The number of hydrogen-bond donors (Lipinski definition) is 3. The third-order valence-corrected chi connectivity index (χ3v) is 6.11. The van der Waals surface area contributed by atoms with Crippen molar-refractivity contribution in [3.63, 3.8) is 0 Å². The zero-order valence-corrected chi connectivity index (χ0v) is 19.6. The maximum Gasteiger partial charge on any atom is 0.231 e. The fourth-order valence-corrected chi connectivity index (χ4v) is 3.91. The fraction of sp³-hybridized carbons (Fsp3) is 0.346. The first-order valence-corrected chi connectivity index (χ1v) is 11.5. The summed E-state index contributed by atoms with van der Waals surface area (Å²) in [5.41, 5.74) is 2.45. The van der Waals surface area contributed by atoms with Gasteiger partial charge in [0.2, 0.25) is 5.88 Å². The molecule has 0 amide bonds. The Hall–Kier alpha value is -3.49. The lowest BCUT2D eigenvalue weighted by molar-refractivity contribution is 0.0389. The highest BCUT2D eigenvalue weighted by atomic mass is 16.5. The summed E-state index contributed by atoms with van der Waals surface area (Å²) in [5, 5.41) is 18.4. The third kappa shape index (κ3) is 5.70. The fourth-order valence-electron chi connectivity index (χ4n) is 3.91. The summed E-state index contributed by atoms with van der Waals surface area (Å²) in [6.45, 7) is 8.92. The summed E-state index contributed by atoms with van der Waals surface area (Å²) >= 11 is 0. The molecule has 0 unspecified atom stereocenters. The van der Waals surface area contributed by atoms with Gasteiger partial charge in [0.15, 0.2) is 11.7 Å². The molecule has 3 N–H and O–H groups in total. The van der Waals surface area contributed by atoms with Crippen LogP contribution in [0.25, 0.3) is 0 Å². The quantitative estimate of drug-likeness (QED) is 0.268. The standard InChI is InChI=1S/C26H31N5O3/c1-26(2,21-10-6-9-20(17-21)24(32)19-7-4-3-5-8-19)22-18-23(34-30-22)29-25(27)28-11-12-31-13-15-33-16-14-31/h3-10,17-18H,11-16H2,1-2H3,(H3,27,28,29). The van der Waals surface area contributed by atoms with Crippen LogP contribution in [0.1, 0.15) is 41.0 Å². The van der Waals surface area contributed by atoms with Gasteiger partial charge in [0.1, 0.15) is 0 Å². The number of morpholine rings is 1. The van der Waals surface area contributed by atoms with Gasteiger partial charge in [0, 0.05) is 48.8 Å². The molecule has 0 spiro atoms. The lowest BCUT2D eigenvalue weighted by Gasteiger charge is -2.26. The Morgan fingerprint density at radius 3 is 2.56 bits per heavy atom. The van der Waals surface area contributed by atoms with Gasteiger partial charge in [-0.05, 0) is 11.6 Å². The molecule has 3 aromatic rings. The lowest BCUT2D eigenvalue weighted by atomic mass is 9.80. The van der Waals surface area contributed by atoms with Gasteiger partial charge in [-0.25, -0.2) is 0 Å².